The van der Waals surface area contributed by atoms with Crippen molar-refractivity contribution in [2.75, 3.05) is 12.8 Å². The summed E-state index contributed by atoms with van der Waals surface area (Å²) in [7, 11) is 1.74. The van der Waals surface area contributed by atoms with Gasteiger partial charge in [-0.2, -0.15) is 0 Å². The Bertz CT molecular complexity index is 880. The molecular weight excluding hydrogens is 332 g/mol. The molecule has 0 aromatic heterocycles. The summed E-state index contributed by atoms with van der Waals surface area (Å²) in [5.74, 6) is 0.143. The fourth-order valence-electron chi connectivity index (χ4n) is 3.19. The van der Waals surface area contributed by atoms with Gasteiger partial charge in [-0.1, -0.05) is 49.9 Å². The third-order valence-corrected chi connectivity index (χ3v) is 4.47. The van der Waals surface area contributed by atoms with Gasteiger partial charge in [0.1, 0.15) is 0 Å². The summed E-state index contributed by atoms with van der Waals surface area (Å²) in [6, 6.07) is 5.90. The molecule has 3 nitrogen and oxygen atoms in total. The summed E-state index contributed by atoms with van der Waals surface area (Å²) >= 11 is 0. The fraction of sp³-hybridized carbons (Fsp3) is 0.250. The maximum atomic E-state index is 12.9. The number of hydrogen-bond donors (Lipinski definition) is 1. The summed E-state index contributed by atoms with van der Waals surface area (Å²) in [5.41, 5.74) is 12.4. The summed E-state index contributed by atoms with van der Waals surface area (Å²) in [6.45, 7) is 7.76. The number of nitrogens with two attached hydrogens (primary N) is 1. The zero-order valence-corrected chi connectivity index (χ0v) is 16.5. The highest BCUT2D eigenvalue weighted by molar-refractivity contribution is 6.16. The Morgan fingerprint density at radius 1 is 1.37 bits per heavy atom. The van der Waals surface area contributed by atoms with Gasteiger partial charge in [-0.25, -0.2) is 0 Å². The second kappa shape index (κ2) is 9.67. The molecule has 3 heteroatoms. The van der Waals surface area contributed by atoms with E-state index in [-0.39, 0.29) is 5.78 Å². The van der Waals surface area contributed by atoms with E-state index >= 15 is 0 Å². The number of ketones is 1. The van der Waals surface area contributed by atoms with Crippen molar-refractivity contribution < 1.29 is 4.79 Å². The van der Waals surface area contributed by atoms with Crippen molar-refractivity contribution >= 4 is 23.3 Å². The van der Waals surface area contributed by atoms with Crippen LogP contribution in [0.5, 0.6) is 0 Å². The zero-order chi connectivity index (χ0) is 19.8. The molecule has 0 saturated heterocycles. The zero-order valence-electron chi connectivity index (χ0n) is 16.5. The van der Waals surface area contributed by atoms with Gasteiger partial charge in [-0.15, -0.1) is 0 Å². The van der Waals surface area contributed by atoms with Crippen LogP contribution in [0.2, 0.25) is 0 Å². The number of nitrogens with zero attached hydrogens (tertiary/aromatic N) is 1. The number of anilines is 1. The molecule has 0 radical (unpaired) electrons. The Balaban J connectivity index is 2.51. The molecular formula is C24H28N2O. The summed E-state index contributed by atoms with van der Waals surface area (Å²) in [6.07, 6.45) is 13.6. The van der Waals surface area contributed by atoms with Crippen LogP contribution in [0.3, 0.4) is 0 Å². The number of fused-ring (bicyclic) bond motifs is 1. The highest BCUT2D eigenvalue weighted by Crippen LogP contribution is 2.32. The molecule has 0 fully saturated rings. The Morgan fingerprint density at radius 2 is 2.15 bits per heavy atom. The molecule has 140 valence electrons. The number of benzene rings is 1. The van der Waals surface area contributed by atoms with Crippen LogP contribution in [0.1, 0.15) is 37.8 Å². The number of allylic oxidation sites excluding steroid dienone is 8. The molecule has 2 rings (SSSR count). The highest BCUT2D eigenvalue weighted by Gasteiger charge is 2.21. The number of carbonyl (C=O) groups is 1. The minimum atomic E-state index is 0.143. The van der Waals surface area contributed by atoms with Crippen LogP contribution in [0.15, 0.2) is 76.9 Å². The van der Waals surface area contributed by atoms with Gasteiger partial charge >= 0.3 is 0 Å². The van der Waals surface area contributed by atoms with Crippen molar-refractivity contribution in [3.8, 4) is 0 Å². The quantitative estimate of drug-likeness (QED) is 0.297. The smallest absolute Gasteiger partial charge is 0.163 e. The van der Waals surface area contributed by atoms with Crippen LogP contribution in [0.25, 0.3) is 6.08 Å². The minimum absolute atomic E-state index is 0.143. The lowest BCUT2D eigenvalue weighted by molar-refractivity contribution is -0.115. The van der Waals surface area contributed by atoms with E-state index in [9.17, 15) is 4.79 Å². The van der Waals surface area contributed by atoms with E-state index in [1.807, 2.05) is 56.4 Å². The van der Waals surface area contributed by atoms with E-state index in [0.29, 0.717) is 6.42 Å². The predicted molar refractivity (Wildman–Crippen MR) is 117 cm³/mol. The molecule has 0 aliphatic heterocycles. The largest absolute Gasteiger partial charge is 0.399 e. The molecule has 0 amide bonds. The van der Waals surface area contributed by atoms with E-state index < -0.39 is 0 Å². The van der Waals surface area contributed by atoms with Crippen molar-refractivity contribution in [2.45, 2.75) is 33.1 Å². The first-order valence-electron chi connectivity index (χ1n) is 9.30. The third-order valence-electron chi connectivity index (χ3n) is 4.47. The van der Waals surface area contributed by atoms with E-state index in [1.54, 1.807) is 13.1 Å². The predicted octanol–water partition coefficient (Wildman–Crippen LogP) is 5.26. The first-order valence-corrected chi connectivity index (χ1v) is 9.30. The van der Waals surface area contributed by atoms with E-state index in [2.05, 4.69) is 17.6 Å². The molecule has 27 heavy (non-hydrogen) atoms. The lowest BCUT2D eigenvalue weighted by Gasteiger charge is -2.10. The molecule has 0 spiro atoms. The van der Waals surface area contributed by atoms with Gasteiger partial charge in [-0.3, -0.25) is 9.79 Å². The van der Waals surface area contributed by atoms with Crippen LogP contribution in [0, 0.1) is 0 Å². The molecule has 1 aliphatic carbocycles. The molecule has 2 N–H and O–H groups in total. The van der Waals surface area contributed by atoms with Gasteiger partial charge in [-0.05, 0) is 60.2 Å². The summed E-state index contributed by atoms with van der Waals surface area (Å²) < 4.78 is 0. The molecule has 0 unspecified atom stereocenters. The first-order chi connectivity index (χ1) is 13.0. The van der Waals surface area contributed by atoms with Gasteiger partial charge in [0.2, 0.25) is 0 Å². The third kappa shape index (κ3) is 5.04. The maximum absolute atomic E-state index is 12.9. The van der Waals surface area contributed by atoms with Gasteiger partial charge in [0.15, 0.2) is 5.78 Å². The van der Waals surface area contributed by atoms with Crippen LogP contribution >= 0.6 is 0 Å². The van der Waals surface area contributed by atoms with Crippen molar-refractivity contribution in [2.24, 2.45) is 4.99 Å². The van der Waals surface area contributed by atoms with Crippen LogP contribution in [0.4, 0.5) is 5.69 Å². The number of rotatable bonds is 8. The summed E-state index contributed by atoms with van der Waals surface area (Å²) in [5, 5.41) is 0. The Kier molecular flexibility index (Phi) is 7.30. The lowest BCUT2D eigenvalue weighted by Crippen LogP contribution is -2.09. The fourth-order valence-corrected chi connectivity index (χ4v) is 3.19. The van der Waals surface area contributed by atoms with Crippen molar-refractivity contribution in [3.05, 3.63) is 83.0 Å². The monoisotopic (exact) mass is 360 g/mol. The topological polar surface area (TPSA) is 55.5 Å². The molecule has 0 bridgehead atoms. The number of hydrogen-bond acceptors (Lipinski definition) is 3. The van der Waals surface area contributed by atoms with E-state index in [4.69, 9.17) is 5.73 Å². The van der Waals surface area contributed by atoms with Crippen molar-refractivity contribution in [1.82, 2.24) is 0 Å². The average molecular weight is 361 g/mol. The average Bonchev–Trinajstić information content (AvgIpc) is 3.05. The highest BCUT2D eigenvalue weighted by atomic mass is 16.1. The molecule has 1 aromatic carbocycles. The Labute approximate surface area is 162 Å². The van der Waals surface area contributed by atoms with Gasteiger partial charge in [0.25, 0.3) is 0 Å². The van der Waals surface area contributed by atoms with Crippen molar-refractivity contribution in [1.29, 1.82) is 0 Å². The van der Waals surface area contributed by atoms with Gasteiger partial charge in [0, 0.05) is 24.7 Å². The second-order valence-corrected chi connectivity index (χ2v) is 6.50. The van der Waals surface area contributed by atoms with Crippen LogP contribution in [-0.4, -0.2) is 18.5 Å². The SMILES string of the molecule is C=C/C=C(\C=C/C)C(/C=C(\C(=O)CCC)C1=Cc2cc(N)ccc2C1)=NC. The minimum Gasteiger partial charge on any atom is -0.399 e. The second-order valence-electron chi connectivity index (χ2n) is 6.50. The molecule has 1 aromatic rings. The molecule has 0 atom stereocenters. The lowest BCUT2D eigenvalue weighted by atomic mass is 9.94. The number of Topliss-reactive ketones (excluding diaryl/α,β-unsaturated/α-hetero) is 1. The van der Waals surface area contributed by atoms with Crippen LogP contribution in [-0.2, 0) is 11.2 Å². The van der Waals surface area contributed by atoms with Gasteiger partial charge < -0.3 is 5.73 Å². The summed E-state index contributed by atoms with van der Waals surface area (Å²) in [4.78, 5) is 17.3. The Morgan fingerprint density at radius 3 is 2.78 bits per heavy atom. The maximum Gasteiger partial charge on any atom is 0.163 e. The number of carbonyl (C=O) groups excluding carboxylic acids is 1. The van der Waals surface area contributed by atoms with E-state index in [1.165, 1.54) is 5.56 Å². The van der Waals surface area contributed by atoms with Crippen LogP contribution < -0.4 is 5.73 Å². The molecule has 0 heterocycles. The normalized spacial score (nSPS) is 15.1. The molecule has 1 aliphatic rings. The molecule has 0 saturated carbocycles. The number of nitrogen functional groups attached to an aromatic ring is 1. The first kappa shape index (κ1) is 20.4. The van der Waals surface area contributed by atoms with Crippen molar-refractivity contribution in [3.63, 3.8) is 0 Å². The van der Waals surface area contributed by atoms with Gasteiger partial charge in [0.05, 0.1) is 5.71 Å². The number of aliphatic imine (C=N–C) groups is 1. The standard InChI is InChI=1S/C24H28N2O/c1-5-8-17(9-6-2)23(26-4)16-22(24(27)10-7-3)20-13-18-11-12-21(25)15-19(18)14-20/h5-6,8-9,11-12,14-16H,1,7,10,13,25H2,2-4H3/b9-6-,17-8+,22-16-,26-23?. The van der Waals surface area contributed by atoms with E-state index in [0.717, 1.165) is 46.5 Å². The Hall–Kier alpha value is -2.94.